The van der Waals surface area contributed by atoms with Crippen molar-refractivity contribution < 1.29 is 4.79 Å². The van der Waals surface area contributed by atoms with Crippen LogP contribution in [0.1, 0.15) is 36.0 Å². The first-order valence-corrected chi connectivity index (χ1v) is 9.16. The first-order chi connectivity index (χ1) is 10.3. The van der Waals surface area contributed by atoms with Crippen LogP contribution in [0.15, 0.2) is 29.2 Å². The van der Waals surface area contributed by atoms with Gasteiger partial charge in [-0.1, -0.05) is 18.6 Å². The topological polar surface area (TPSA) is 32.3 Å². The molecule has 1 aliphatic carbocycles. The Hall–Kier alpha value is -0.710. The lowest BCUT2D eigenvalue weighted by molar-refractivity contribution is 0.0612. The normalized spacial score (nSPS) is 21.0. The summed E-state index contributed by atoms with van der Waals surface area (Å²) in [4.78, 5) is 16.3. The fourth-order valence-corrected chi connectivity index (χ4v) is 3.82. The SMILES string of the molecule is CSc1ccccc1C(=O)N(CC1CCC1)[C@H]1CCNC1.Cl. The van der Waals surface area contributed by atoms with Crippen molar-refractivity contribution in [2.75, 3.05) is 25.9 Å². The Balaban J connectivity index is 0.00000176. The Labute approximate surface area is 143 Å². The van der Waals surface area contributed by atoms with E-state index in [0.29, 0.717) is 6.04 Å². The zero-order valence-electron chi connectivity index (χ0n) is 13.1. The van der Waals surface area contributed by atoms with Crippen LogP contribution in [0.4, 0.5) is 0 Å². The number of hydrogen-bond donors (Lipinski definition) is 1. The second kappa shape index (κ2) is 8.23. The summed E-state index contributed by atoms with van der Waals surface area (Å²) in [6, 6.07) is 8.38. The van der Waals surface area contributed by atoms with Gasteiger partial charge < -0.3 is 10.2 Å². The maximum atomic E-state index is 13.1. The third-order valence-corrected chi connectivity index (χ3v) is 5.55. The van der Waals surface area contributed by atoms with Crippen molar-refractivity contribution in [2.24, 2.45) is 5.92 Å². The minimum absolute atomic E-state index is 0. The summed E-state index contributed by atoms with van der Waals surface area (Å²) in [7, 11) is 0. The molecule has 1 atom stereocenters. The van der Waals surface area contributed by atoms with Crippen LogP contribution in [0.5, 0.6) is 0 Å². The summed E-state index contributed by atoms with van der Waals surface area (Å²) in [5.74, 6) is 0.941. The monoisotopic (exact) mass is 340 g/mol. The van der Waals surface area contributed by atoms with Gasteiger partial charge in [0.25, 0.3) is 5.91 Å². The lowest BCUT2D eigenvalue weighted by atomic mass is 9.84. The van der Waals surface area contributed by atoms with E-state index in [2.05, 4.69) is 10.2 Å². The van der Waals surface area contributed by atoms with Gasteiger partial charge in [-0.05, 0) is 50.1 Å². The fourth-order valence-electron chi connectivity index (χ4n) is 3.23. The van der Waals surface area contributed by atoms with Crippen molar-refractivity contribution in [3.8, 4) is 0 Å². The number of carbonyl (C=O) groups excluding carboxylic acids is 1. The molecule has 5 heteroatoms. The molecule has 0 radical (unpaired) electrons. The molecule has 1 N–H and O–H groups in total. The highest BCUT2D eigenvalue weighted by atomic mass is 35.5. The highest BCUT2D eigenvalue weighted by molar-refractivity contribution is 7.98. The number of thioether (sulfide) groups is 1. The predicted octanol–water partition coefficient (Wildman–Crippen LogP) is 3.43. The zero-order valence-corrected chi connectivity index (χ0v) is 14.7. The maximum Gasteiger partial charge on any atom is 0.255 e. The van der Waals surface area contributed by atoms with Crippen LogP contribution >= 0.6 is 24.2 Å². The van der Waals surface area contributed by atoms with Crippen LogP contribution < -0.4 is 5.32 Å². The van der Waals surface area contributed by atoms with Gasteiger partial charge >= 0.3 is 0 Å². The number of carbonyl (C=O) groups is 1. The number of halogens is 1. The Morgan fingerprint density at radius 2 is 2.09 bits per heavy atom. The van der Waals surface area contributed by atoms with E-state index in [-0.39, 0.29) is 18.3 Å². The van der Waals surface area contributed by atoms with Gasteiger partial charge in [0.1, 0.15) is 0 Å². The highest BCUT2D eigenvalue weighted by Crippen LogP contribution is 2.30. The first kappa shape index (κ1) is 17.6. The van der Waals surface area contributed by atoms with E-state index in [1.165, 1.54) is 19.3 Å². The van der Waals surface area contributed by atoms with Gasteiger partial charge in [0, 0.05) is 24.0 Å². The zero-order chi connectivity index (χ0) is 14.7. The summed E-state index contributed by atoms with van der Waals surface area (Å²) in [5.41, 5.74) is 0.872. The number of amides is 1. The van der Waals surface area contributed by atoms with Crippen LogP contribution in [0.2, 0.25) is 0 Å². The van der Waals surface area contributed by atoms with Crippen LogP contribution in [0.25, 0.3) is 0 Å². The molecular weight excluding hydrogens is 316 g/mol. The number of rotatable bonds is 5. The first-order valence-electron chi connectivity index (χ1n) is 7.94. The van der Waals surface area contributed by atoms with Gasteiger partial charge in [0.05, 0.1) is 5.56 Å². The van der Waals surface area contributed by atoms with Crippen LogP contribution in [0, 0.1) is 5.92 Å². The molecule has 122 valence electrons. The Kier molecular flexibility index (Phi) is 6.60. The van der Waals surface area contributed by atoms with Crippen molar-refractivity contribution in [3.63, 3.8) is 0 Å². The van der Waals surface area contributed by atoms with Gasteiger partial charge in [-0.2, -0.15) is 0 Å². The molecule has 2 fully saturated rings. The van der Waals surface area contributed by atoms with Gasteiger partial charge in [-0.25, -0.2) is 0 Å². The molecule has 0 bridgehead atoms. The summed E-state index contributed by atoms with van der Waals surface area (Å²) in [6.07, 6.45) is 7.03. The number of nitrogens with zero attached hydrogens (tertiary/aromatic N) is 1. The second-order valence-electron chi connectivity index (χ2n) is 6.10. The van der Waals surface area contributed by atoms with Crippen molar-refractivity contribution in [3.05, 3.63) is 29.8 Å². The van der Waals surface area contributed by atoms with Gasteiger partial charge in [-0.15, -0.1) is 24.2 Å². The van der Waals surface area contributed by atoms with Crippen molar-refractivity contribution in [2.45, 2.75) is 36.6 Å². The minimum Gasteiger partial charge on any atom is -0.334 e. The molecular formula is C17H25ClN2OS. The van der Waals surface area contributed by atoms with Crippen LogP contribution in [-0.2, 0) is 0 Å². The summed E-state index contributed by atoms with van der Waals surface area (Å²) < 4.78 is 0. The number of benzene rings is 1. The third kappa shape index (κ3) is 3.79. The van der Waals surface area contributed by atoms with Crippen LogP contribution in [-0.4, -0.2) is 42.7 Å². The van der Waals surface area contributed by atoms with E-state index in [9.17, 15) is 4.79 Å². The fraction of sp³-hybridized carbons (Fsp3) is 0.588. The van der Waals surface area contributed by atoms with E-state index in [1.54, 1.807) is 11.8 Å². The van der Waals surface area contributed by atoms with E-state index in [4.69, 9.17) is 0 Å². The molecule has 2 aliphatic rings. The number of nitrogens with one attached hydrogen (secondary N) is 1. The summed E-state index contributed by atoms with van der Waals surface area (Å²) in [5, 5.41) is 3.40. The molecule has 1 aromatic rings. The molecule has 1 amide bonds. The van der Waals surface area contributed by atoms with Gasteiger partial charge in [-0.3, -0.25) is 4.79 Å². The standard InChI is InChI=1S/C17H24N2OS.ClH/c1-21-16-8-3-2-7-15(16)17(20)19(12-13-5-4-6-13)14-9-10-18-11-14;/h2-3,7-8,13-14,18H,4-6,9-12H2,1H3;1H/t14-;/m0./s1. The second-order valence-corrected chi connectivity index (χ2v) is 6.95. The van der Waals surface area contributed by atoms with Crippen molar-refractivity contribution >= 4 is 30.1 Å². The average Bonchev–Trinajstić information content (AvgIpc) is 2.99. The average molecular weight is 341 g/mol. The predicted molar refractivity (Wildman–Crippen MR) is 95.1 cm³/mol. The molecule has 22 heavy (non-hydrogen) atoms. The van der Waals surface area contributed by atoms with Crippen LogP contribution in [0.3, 0.4) is 0 Å². The quantitative estimate of drug-likeness (QED) is 0.833. The molecule has 1 saturated carbocycles. The molecule has 0 unspecified atom stereocenters. The highest BCUT2D eigenvalue weighted by Gasteiger charge is 2.31. The maximum absolute atomic E-state index is 13.1. The van der Waals surface area contributed by atoms with E-state index >= 15 is 0 Å². The number of hydrogen-bond acceptors (Lipinski definition) is 3. The van der Waals surface area contributed by atoms with E-state index in [0.717, 1.165) is 42.4 Å². The molecule has 1 aliphatic heterocycles. The van der Waals surface area contributed by atoms with Crippen molar-refractivity contribution in [1.29, 1.82) is 0 Å². The molecule has 1 saturated heterocycles. The van der Waals surface area contributed by atoms with Crippen molar-refractivity contribution in [1.82, 2.24) is 10.2 Å². The molecule has 1 heterocycles. The Morgan fingerprint density at radius 3 is 2.68 bits per heavy atom. The van der Waals surface area contributed by atoms with E-state index < -0.39 is 0 Å². The Morgan fingerprint density at radius 1 is 1.32 bits per heavy atom. The van der Waals surface area contributed by atoms with Gasteiger partial charge in [0.2, 0.25) is 0 Å². The summed E-state index contributed by atoms with van der Waals surface area (Å²) in [6.45, 7) is 2.91. The molecule has 0 spiro atoms. The lowest BCUT2D eigenvalue weighted by Gasteiger charge is -2.36. The Bertz CT molecular complexity index is 501. The van der Waals surface area contributed by atoms with Gasteiger partial charge in [0.15, 0.2) is 0 Å². The molecule has 0 aromatic heterocycles. The minimum atomic E-state index is 0. The smallest absolute Gasteiger partial charge is 0.255 e. The molecule has 3 rings (SSSR count). The largest absolute Gasteiger partial charge is 0.334 e. The third-order valence-electron chi connectivity index (χ3n) is 4.75. The van der Waals surface area contributed by atoms with E-state index in [1.807, 2.05) is 30.5 Å². The lowest BCUT2D eigenvalue weighted by Crippen LogP contribution is -2.45. The molecule has 1 aromatic carbocycles. The summed E-state index contributed by atoms with van der Waals surface area (Å²) >= 11 is 1.66. The molecule has 3 nitrogen and oxygen atoms in total.